The second-order valence-electron chi connectivity index (χ2n) is 4.10. The highest BCUT2D eigenvalue weighted by atomic mass is 35.5. The third kappa shape index (κ3) is 4.10. The van der Waals surface area contributed by atoms with E-state index in [-0.39, 0.29) is 12.0 Å². The molecular weight excluding hydrogens is 298 g/mol. The van der Waals surface area contributed by atoms with E-state index in [0.717, 1.165) is 15.0 Å². The van der Waals surface area contributed by atoms with Crippen molar-refractivity contribution in [2.45, 2.75) is 19.4 Å². The first kappa shape index (κ1) is 15.1. The van der Waals surface area contributed by atoms with E-state index in [9.17, 15) is 4.79 Å². The number of nitrogens with one attached hydrogen (secondary N) is 1. The number of carbonyl (C=O) groups excluding carboxylic acids is 1. The summed E-state index contributed by atoms with van der Waals surface area (Å²) >= 11 is 7.47. The van der Waals surface area contributed by atoms with Gasteiger partial charge in [-0.15, -0.1) is 11.3 Å². The molecule has 0 aliphatic rings. The van der Waals surface area contributed by atoms with Crippen LogP contribution in [0.15, 0.2) is 34.9 Å². The summed E-state index contributed by atoms with van der Waals surface area (Å²) in [7, 11) is 0. The Labute approximate surface area is 126 Å². The molecule has 0 radical (unpaired) electrons. The van der Waals surface area contributed by atoms with Crippen LogP contribution in [0.25, 0.3) is 0 Å². The van der Waals surface area contributed by atoms with Gasteiger partial charge in [-0.05, 0) is 31.2 Å². The largest absolute Gasteiger partial charge is 0.467 e. The second-order valence-corrected chi connectivity index (χ2v) is 5.85. The molecular formula is C14H16ClNO3S. The van der Waals surface area contributed by atoms with Crippen LogP contribution in [0, 0.1) is 0 Å². The molecule has 0 aliphatic heterocycles. The molecule has 2 heterocycles. The van der Waals surface area contributed by atoms with Crippen LogP contribution in [0.2, 0.25) is 4.34 Å². The molecule has 0 amide bonds. The summed E-state index contributed by atoms with van der Waals surface area (Å²) in [6, 6.07) is 7.44. The Morgan fingerprint density at radius 3 is 2.95 bits per heavy atom. The molecule has 0 spiro atoms. The van der Waals surface area contributed by atoms with Crippen LogP contribution in [-0.4, -0.2) is 19.1 Å². The van der Waals surface area contributed by atoms with Crippen LogP contribution in [0.3, 0.4) is 0 Å². The molecule has 20 heavy (non-hydrogen) atoms. The Morgan fingerprint density at radius 2 is 2.35 bits per heavy atom. The van der Waals surface area contributed by atoms with Gasteiger partial charge in [0, 0.05) is 11.4 Å². The van der Waals surface area contributed by atoms with Crippen LogP contribution < -0.4 is 5.32 Å². The maximum absolute atomic E-state index is 11.3. The zero-order valence-electron chi connectivity index (χ0n) is 11.1. The summed E-state index contributed by atoms with van der Waals surface area (Å²) in [5.74, 6) is 0.592. The van der Waals surface area contributed by atoms with E-state index in [4.69, 9.17) is 20.8 Å². The first-order valence-electron chi connectivity index (χ1n) is 6.38. The minimum Gasteiger partial charge on any atom is -0.467 e. The molecule has 0 fully saturated rings. The summed E-state index contributed by atoms with van der Waals surface area (Å²) in [6.45, 7) is 2.71. The van der Waals surface area contributed by atoms with Crippen LogP contribution in [0.1, 0.15) is 30.0 Å². The number of rotatable bonds is 7. The summed E-state index contributed by atoms with van der Waals surface area (Å²) in [6.07, 6.45) is 1.95. The lowest BCUT2D eigenvalue weighted by Gasteiger charge is -2.14. The van der Waals surface area contributed by atoms with Crippen molar-refractivity contribution in [3.63, 3.8) is 0 Å². The van der Waals surface area contributed by atoms with Gasteiger partial charge in [0.1, 0.15) is 11.8 Å². The molecule has 6 heteroatoms. The van der Waals surface area contributed by atoms with E-state index in [1.54, 1.807) is 13.2 Å². The zero-order chi connectivity index (χ0) is 14.4. The van der Waals surface area contributed by atoms with Gasteiger partial charge in [-0.2, -0.15) is 0 Å². The molecule has 0 aromatic carbocycles. The smallest absolute Gasteiger partial charge is 0.307 e. The lowest BCUT2D eigenvalue weighted by molar-refractivity contribution is -0.143. The van der Waals surface area contributed by atoms with Gasteiger partial charge in [-0.25, -0.2) is 0 Å². The Bertz CT molecular complexity index is 538. The van der Waals surface area contributed by atoms with Gasteiger partial charge in [-0.3, -0.25) is 4.79 Å². The fourth-order valence-corrected chi connectivity index (χ4v) is 2.98. The number of carbonyl (C=O) groups is 1. The van der Waals surface area contributed by atoms with Crippen LogP contribution in [-0.2, 0) is 9.53 Å². The molecule has 1 unspecified atom stereocenters. The average molecular weight is 314 g/mol. The predicted octanol–water partition coefficient (Wildman–Crippen LogP) is 3.63. The van der Waals surface area contributed by atoms with E-state index >= 15 is 0 Å². The predicted molar refractivity (Wildman–Crippen MR) is 79.1 cm³/mol. The Kier molecular flexibility index (Phi) is 5.64. The van der Waals surface area contributed by atoms with Crippen molar-refractivity contribution in [3.05, 3.63) is 45.5 Å². The van der Waals surface area contributed by atoms with E-state index < -0.39 is 0 Å². The van der Waals surface area contributed by atoms with E-state index in [1.807, 2.05) is 24.3 Å². The highest BCUT2D eigenvalue weighted by Crippen LogP contribution is 2.31. The van der Waals surface area contributed by atoms with Crippen molar-refractivity contribution in [2.75, 3.05) is 13.2 Å². The minimum absolute atomic E-state index is 0.100. The molecule has 0 aliphatic carbocycles. The van der Waals surface area contributed by atoms with Crippen molar-refractivity contribution in [1.82, 2.24) is 5.32 Å². The maximum Gasteiger partial charge on any atom is 0.307 e. The normalized spacial score (nSPS) is 12.3. The summed E-state index contributed by atoms with van der Waals surface area (Å²) in [5.41, 5.74) is 0. The Balaban J connectivity index is 1.99. The van der Waals surface area contributed by atoms with Crippen molar-refractivity contribution in [1.29, 1.82) is 0 Å². The molecule has 2 aromatic rings. The second kappa shape index (κ2) is 7.47. The fraction of sp³-hybridized carbons (Fsp3) is 0.357. The van der Waals surface area contributed by atoms with Crippen LogP contribution in [0.4, 0.5) is 0 Å². The number of ether oxygens (including phenoxy) is 1. The number of halogens is 1. The number of hydrogen-bond acceptors (Lipinski definition) is 5. The number of esters is 1. The van der Waals surface area contributed by atoms with Crippen LogP contribution in [0.5, 0.6) is 0 Å². The van der Waals surface area contributed by atoms with E-state index in [2.05, 4.69) is 5.32 Å². The number of hydrogen-bond donors (Lipinski definition) is 1. The van der Waals surface area contributed by atoms with Crippen molar-refractivity contribution < 1.29 is 13.9 Å². The minimum atomic E-state index is -0.206. The highest BCUT2D eigenvalue weighted by Gasteiger charge is 2.18. The van der Waals surface area contributed by atoms with E-state index in [0.29, 0.717) is 19.6 Å². The topological polar surface area (TPSA) is 51.5 Å². The molecule has 2 aromatic heterocycles. The quantitative estimate of drug-likeness (QED) is 0.793. The van der Waals surface area contributed by atoms with Gasteiger partial charge in [0.15, 0.2) is 0 Å². The number of furan rings is 1. The summed E-state index contributed by atoms with van der Waals surface area (Å²) in [4.78, 5) is 12.4. The summed E-state index contributed by atoms with van der Waals surface area (Å²) < 4.78 is 11.1. The van der Waals surface area contributed by atoms with E-state index in [1.165, 1.54) is 11.3 Å². The Hall–Kier alpha value is -1.30. The molecule has 2 rings (SSSR count). The van der Waals surface area contributed by atoms with Gasteiger partial charge < -0.3 is 14.5 Å². The zero-order valence-corrected chi connectivity index (χ0v) is 12.7. The van der Waals surface area contributed by atoms with Gasteiger partial charge in [0.05, 0.1) is 23.6 Å². The monoisotopic (exact) mass is 313 g/mol. The lowest BCUT2D eigenvalue weighted by Crippen LogP contribution is -2.24. The lowest BCUT2D eigenvalue weighted by atomic mass is 10.2. The fourth-order valence-electron chi connectivity index (χ4n) is 1.83. The van der Waals surface area contributed by atoms with Gasteiger partial charge >= 0.3 is 5.97 Å². The maximum atomic E-state index is 11.3. The highest BCUT2D eigenvalue weighted by molar-refractivity contribution is 7.16. The molecule has 4 nitrogen and oxygen atoms in total. The molecule has 1 atom stereocenters. The summed E-state index contributed by atoms with van der Waals surface area (Å²) in [5, 5.41) is 3.30. The van der Waals surface area contributed by atoms with Crippen molar-refractivity contribution in [2.24, 2.45) is 0 Å². The first-order valence-corrected chi connectivity index (χ1v) is 7.57. The van der Waals surface area contributed by atoms with Gasteiger partial charge in [-0.1, -0.05) is 11.6 Å². The molecule has 108 valence electrons. The number of thiophene rings is 1. The van der Waals surface area contributed by atoms with Crippen molar-refractivity contribution in [3.8, 4) is 0 Å². The standard InChI is InChI=1S/C14H16ClNO3S/c1-2-18-13(17)7-8-16-14(10-4-3-9-19-10)11-5-6-12(15)20-11/h3-6,9,14,16H,2,7-8H2,1H3. The third-order valence-electron chi connectivity index (χ3n) is 2.69. The SMILES string of the molecule is CCOC(=O)CCNC(c1ccco1)c1ccc(Cl)s1. The average Bonchev–Trinajstić information content (AvgIpc) is 3.06. The molecule has 0 saturated carbocycles. The molecule has 0 bridgehead atoms. The van der Waals surface area contributed by atoms with Gasteiger partial charge in [0.2, 0.25) is 0 Å². The first-order chi connectivity index (χ1) is 9.70. The van der Waals surface area contributed by atoms with Crippen molar-refractivity contribution >= 4 is 28.9 Å². The van der Waals surface area contributed by atoms with Gasteiger partial charge in [0.25, 0.3) is 0 Å². The Morgan fingerprint density at radius 1 is 1.50 bits per heavy atom. The van der Waals surface area contributed by atoms with Crippen LogP contribution >= 0.6 is 22.9 Å². The molecule has 0 saturated heterocycles. The third-order valence-corrected chi connectivity index (χ3v) is 3.99. The molecule has 1 N–H and O–H groups in total.